The first kappa shape index (κ1) is 18.5. The normalized spacial score (nSPS) is 29.4. The molecular formula is C21H25ClN2O3. The Kier molecular flexibility index (Phi) is 4.77. The number of hydrogen-bond acceptors (Lipinski definition) is 3. The monoisotopic (exact) mass is 388 g/mol. The fourth-order valence-electron chi connectivity index (χ4n) is 5.53. The van der Waals surface area contributed by atoms with Gasteiger partial charge in [0, 0.05) is 29.7 Å². The van der Waals surface area contributed by atoms with E-state index in [9.17, 15) is 9.90 Å². The van der Waals surface area contributed by atoms with Crippen LogP contribution in [-0.4, -0.2) is 52.7 Å². The molecule has 0 spiro atoms. The summed E-state index contributed by atoms with van der Waals surface area (Å²) in [4.78, 5) is 16.0. The molecule has 0 saturated heterocycles. The number of halogens is 1. The maximum atomic E-state index is 12.4. The summed E-state index contributed by atoms with van der Waals surface area (Å²) < 4.78 is 7.54. The number of fused-ring (bicyclic) bond motifs is 5. The lowest BCUT2D eigenvalue weighted by Crippen LogP contribution is -3.00. The largest absolute Gasteiger partial charge is 1.00 e. The molecule has 2 aromatic rings. The average Bonchev–Trinajstić information content (AvgIpc) is 3.05. The van der Waals surface area contributed by atoms with Gasteiger partial charge in [0.15, 0.2) is 5.71 Å². The van der Waals surface area contributed by atoms with Crippen molar-refractivity contribution in [3.05, 3.63) is 35.5 Å². The van der Waals surface area contributed by atoms with E-state index in [1.54, 1.807) is 0 Å². The van der Waals surface area contributed by atoms with E-state index in [-0.39, 0.29) is 24.3 Å². The van der Waals surface area contributed by atoms with Gasteiger partial charge < -0.3 is 27.2 Å². The van der Waals surface area contributed by atoms with Crippen LogP contribution in [0.3, 0.4) is 0 Å². The van der Waals surface area contributed by atoms with E-state index in [1.807, 2.05) is 0 Å². The second-order valence-corrected chi connectivity index (χ2v) is 7.99. The van der Waals surface area contributed by atoms with Gasteiger partial charge in [-0.05, 0) is 30.4 Å². The Bertz CT molecular complexity index is 919. The number of ether oxygens (including phenoxy) is 1. The zero-order valence-electron chi connectivity index (χ0n) is 15.5. The van der Waals surface area contributed by atoms with Gasteiger partial charge in [0.25, 0.3) is 0 Å². The highest BCUT2D eigenvalue weighted by Crippen LogP contribution is 2.42. The van der Waals surface area contributed by atoms with Crippen molar-refractivity contribution in [1.82, 2.24) is 4.98 Å². The van der Waals surface area contributed by atoms with Crippen LogP contribution in [0.15, 0.2) is 24.3 Å². The van der Waals surface area contributed by atoms with E-state index in [4.69, 9.17) is 4.74 Å². The summed E-state index contributed by atoms with van der Waals surface area (Å²) in [5.74, 6) is -0.0379. The average molecular weight is 389 g/mol. The third-order valence-corrected chi connectivity index (χ3v) is 6.79. The smallest absolute Gasteiger partial charge is 0.311 e. The van der Waals surface area contributed by atoms with Crippen LogP contribution in [0.4, 0.5) is 0 Å². The molecule has 1 aromatic carbocycles. The molecule has 1 aromatic heterocycles. The summed E-state index contributed by atoms with van der Waals surface area (Å²) >= 11 is 0. The number of para-hydroxylation sites is 1. The summed E-state index contributed by atoms with van der Waals surface area (Å²) in [5.41, 5.74) is 5.13. The van der Waals surface area contributed by atoms with Gasteiger partial charge in [0.2, 0.25) is 0 Å². The number of H-pyrrole nitrogens is 1. The second kappa shape index (κ2) is 6.95. The molecule has 0 unspecified atom stereocenters. The Morgan fingerprint density at radius 3 is 2.93 bits per heavy atom. The van der Waals surface area contributed by atoms with E-state index in [1.165, 1.54) is 35.0 Å². The standard InChI is InChI=1S/C21H24N2O3.ClH/c1-26-21(25)19-15-10-17-20-14(13-4-2-3-5-16(13)22-20)8-9-23(17)11-12(15)6-7-18(19)24;/h2-5,12,15,18-19,24H,6-11H2,1H3;1H/t12-,15-,18-,19+;/m0./s1. The summed E-state index contributed by atoms with van der Waals surface area (Å²) in [6, 6.07) is 8.48. The molecule has 0 amide bonds. The maximum Gasteiger partial charge on any atom is 0.311 e. The molecule has 0 radical (unpaired) electrons. The fourth-order valence-corrected chi connectivity index (χ4v) is 5.53. The number of carbonyl (C=O) groups is 1. The highest BCUT2D eigenvalue weighted by molar-refractivity contribution is 6.03. The molecule has 0 bridgehead atoms. The first-order valence-corrected chi connectivity index (χ1v) is 9.64. The van der Waals surface area contributed by atoms with Gasteiger partial charge in [-0.25, -0.2) is 4.58 Å². The molecule has 2 aliphatic heterocycles. The zero-order valence-corrected chi connectivity index (χ0v) is 16.2. The van der Waals surface area contributed by atoms with Crippen LogP contribution >= 0.6 is 0 Å². The van der Waals surface area contributed by atoms with Crippen LogP contribution in [0, 0.1) is 17.8 Å². The van der Waals surface area contributed by atoms with Crippen LogP contribution in [0.2, 0.25) is 0 Å². The second-order valence-electron chi connectivity index (χ2n) is 7.99. The third-order valence-electron chi connectivity index (χ3n) is 6.79. The van der Waals surface area contributed by atoms with E-state index in [0.29, 0.717) is 12.3 Å². The lowest BCUT2D eigenvalue weighted by Gasteiger charge is -2.41. The van der Waals surface area contributed by atoms with Crippen molar-refractivity contribution in [3.8, 4) is 0 Å². The van der Waals surface area contributed by atoms with Crippen molar-refractivity contribution in [2.45, 2.75) is 31.8 Å². The minimum atomic E-state index is -0.582. The van der Waals surface area contributed by atoms with Crippen molar-refractivity contribution in [2.24, 2.45) is 17.8 Å². The molecule has 144 valence electrons. The summed E-state index contributed by atoms with van der Waals surface area (Å²) in [5, 5.41) is 11.8. The number of aromatic nitrogens is 1. The summed E-state index contributed by atoms with van der Waals surface area (Å²) in [6.45, 7) is 2.02. The van der Waals surface area contributed by atoms with Gasteiger partial charge in [0.1, 0.15) is 18.8 Å². The molecule has 3 heterocycles. The number of methoxy groups -OCH3 is 1. The number of hydrogen-bond donors (Lipinski definition) is 2. The molecule has 27 heavy (non-hydrogen) atoms. The number of carbonyl (C=O) groups excluding carboxylic acids is 1. The minimum Gasteiger partial charge on any atom is -1.00 e. The highest BCUT2D eigenvalue weighted by Gasteiger charge is 2.50. The SMILES string of the molecule is COC(=O)[C@@H]1[C@H]2CC3=[N+](CCc4c3[nH]c3ccccc43)C[C@@H]2CC[C@@H]1O.[Cl-]. The molecule has 1 aliphatic carbocycles. The number of rotatable bonds is 1. The lowest BCUT2D eigenvalue weighted by atomic mass is 9.66. The van der Waals surface area contributed by atoms with Crippen LogP contribution in [-0.2, 0) is 16.0 Å². The van der Waals surface area contributed by atoms with Crippen LogP contribution in [0.5, 0.6) is 0 Å². The predicted octanol–water partition coefficient (Wildman–Crippen LogP) is -0.890. The fraction of sp³-hybridized carbons (Fsp3) is 0.524. The molecule has 1 saturated carbocycles. The van der Waals surface area contributed by atoms with Crippen LogP contribution < -0.4 is 12.4 Å². The molecule has 1 fully saturated rings. The third kappa shape index (κ3) is 2.79. The van der Waals surface area contributed by atoms with Gasteiger partial charge in [-0.2, -0.15) is 0 Å². The Morgan fingerprint density at radius 2 is 2.11 bits per heavy atom. The first-order chi connectivity index (χ1) is 12.7. The molecule has 2 N–H and O–H groups in total. The van der Waals surface area contributed by atoms with Crippen molar-refractivity contribution < 1.29 is 31.6 Å². The Morgan fingerprint density at radius 1 is 1.30 bits per heavy atom. The molecule has 5 nitrogen and oxygen atoms in total. The maximum absolute atomic E-state index is 12.4. The number of benzene rings is 1. The van der Waals surface area contributed by atoms with Crippen molar-refractivity contribution in [2.75, 3.05) is 20.2 Å². The van der Waals surface area contributed by atoms with E-state index >= 15 is 0 Å². The minimum absolute atomic E-state index is 0. The number of aliphatic hydroxyl groups is 1. The van der Waals surface area contributed by atoms with Crippen LogP contribution in [0.1, 0.15) is 30.5 Å². The molecular weight excluding hydrogens is 364 g/mol. The summed E-state index contributed by atoms with van der Waals surface area (Å²) in [6.07, 6.45) is 3.00. The Hall–Kier alpha value is -1.85. The lowest BCUT2D eigenvalue weighted by molar-refractivity contribution is -0.545. The van der Waals surface area contributed by atoms with Gasteiger partial charge in [-0.15, -0.1) is 0 Å². The van der Waals surface area contributed by atoms with Gasteiger partial charge in [-0.3, -0.25) is 4.79 Å². The van der Waals surface area contributed by atoms with Gasteiger partial charge in [0.05, 0.1) is 19.1 Å². The molecule has 6 heteroatoms. The topological polar surface area (TPSA) is 65.3 Å². The number of nitrogens with one attached hydrogen (secondary N) is 1. The van der Waals surface area contributed by atoms with E-state index in [2.05, 4.69) is 33.8 Å². The highest BCUT2D eigenvalue weighted by atomic mass is 35.5. The van der Waals surface area contributed by atoms with E-state index < -0.39 is 12.0 Å². The Balaban J connectivity index is 0.00000180. The van der Waals surface area contributed by atoms with Gasteiger partial charge in [-0.1, -0.05) is 18.2 Å². The number of aliphatic hydroxyl groups excluding tert-OH is 1. The van der Waals surface area contributed by atoms with Gasteiger partial charge >= 0.3 is 5.97 Å². The number of aromatic amines is 1. The predicted molar refractivity (Wildman–Crippen MR) is 98.4 cm³/mol. The molecule has 3 aliphatic rings. The number of esters is 1. The molecule has 4 atom stereocenters. The quantitative estimate of drug-likeness (QED) is 0.492. The van der Waals surface area contributed by atoms with Crippen molar-refractivity contribution in [1.29, 1.82) is 0 Å². The van der Waals surface area contributed by atoms with Crippen LogP contribution in [0.25, 0.3) is 10.9 Å². The van der Waals surface area contributed by atoms with Crippen molar-refractivity contribution >= 4 is 22.6 Å². The zero-order chi connectivity index (χ0) is 17.8. The number of nitrogens with zero attached hydrogens (tertiary/aromatic N) is 1. The van der Waals surface area contributed by atoms with E-state index in [0.717, 1.165) is 32.4 Å². The summed E-state index contributed by atoms with van der Waals surface area (Å²) in [7, 11) is 1.43. The first-order valence-electron chi connectivity index (χ1n) is 9.64. The molecule has 5 rings (SSSR count). The Labute approximate surface area is 164 Å². The van der Waals surface area contributed by atoms with Crippen molar-refractivity contribution in [3.63, 3.8) is 0 Å².